The predicted molar refractivity (Wildman–Crippen MR) is 80.7 cm³/mol. The van der Waals surface area contributed by atoms with Gasteiger partial charge in [-0.05, 0) is 35.9 Å². The number of benzene rings is 2. The molecule has 0 fully saturated rings. The van der Waals surface area contributed by atoms with Gasteiger partial charge in [-0.1, -0.05) is 11.6 Å². The van der Waals surface area contributed by atoms with Crippen LogP contribution in [0.5, 0.6) is 23.0 Å². The number of methoxy groups -OCH3 is 1. The summed E-state index contributed by atoms with van der Waals surface area (Å²) in [5, 5.41) is 19.2. The molecule has 0 saturated carbocycles. The van der Waals surface area contributed by atoms with Crippen molar-refractivity contribution in [3.05, 3.63) is 52.2 Å². The van der Waals surface area contributed by atoms with E-state index in [1.165, 1.54) is 43.5 Å². The number of fused-ring (bicyclic) bond motifs is 1. The number of carbonyl (C=O) groups excluding carboxylic acids is 1. The maximum atomic E-state index is 12.2. The monoisotopic (exact) mass is 318 g/mol. The highest BCUT2D eigenvalue weighted by atomic mass is 35.5. The number of ketones is 1. The summed E-state index contributed by atoms with van der Waals surface area (Å²) < 4.78 is 10.5. The molecule has 1 heterocycles. The van der Waals surface area contributed by atoms with Gasteiger partial charge >= 0.3 is 0 Å². The van der Waals surface area contributed by atoms with Crippen LogP contribution in [0, 0.1) is 0 Å². The molecule has 0 amide bonds. The maximum Gasteiger partial charge on any atom is 0.231 e. The number of phenols is 2. The third kappa shape index (κ3) is 2.35. The third-order valence-electron chi connectivity index (χ3n) is 3.22. The van der Waals surface area contributed by atoms with Crippen molar-refractivity contribution < 1.29 is 24.5 Å². The number of rotatable bonds is 2. The molecule has 0 unspecified atom stereocenters. The Bertz CT molecular complexity index is 810. The van der Waals surface area contributed by atoms with Gasteiger partial charge in [-0.25, -0.2) is 0 Å². The van der Waals surface area contributed by atoms with E-state index in [0.717, 1.165) is 0 Å². The van der Waals surface area contributed by atoms with Crippen LogP contribution in [-0.4, -0.2) is 23.1 Å². The zero-order valence-electron chi connectivity index (χ0n) is 11.5. The van der Waals surface area contributed by atoms with E-state index in [4.69, 9.17) is 21.1 Å². The summed E-state index contributed by atoms with van der Waals surface area (Å²) in [7, 11) is 1.40. The first kappa shape index (κ1) is 14.3. The van der Waals surface area contributed by atoms with E-state index in [-0.39, 0.29) is 33.8 Å². The zero-order chi connectivity index (χ0) is 15.9. The fourth-order valence-electron chi connectivity index (χ4n) is 2.16. The van der Waals surface area contributed by atoms with E-state index in [2.05, 4.69) is 0 Å². The molecule has 0 atom stereocenters. The summed E-state index contributed by atoms with van der Waals surface area (Å²) in [6.07, 6.45) is 1.49. The quantitative estimate of drug-likeness (QED) is 0.830. The van der Waals surface area contributed by atoms with Crippen molar-refractivity contribution in [1.29, 1.82) is 0 Å². The van der Waals surface area contributed by atoms with E-state index >= 15 is 0 Å². The lowest BCUT2D eigenvalue weighted by atomic mass is 10.1. The number of hydrogen-bond acceptors (Lipinski definition) is 5. The molecule has 2 N–H and O–H groups in total. The van der Waals surface area contributed by atoms with E-state index < -0.39 is 0 Å². The molecule has 0 aliphatic carbocycles. The number of Topliss-reactive ketones (excluding diaryl/α,β-unsaturated/α-hetero) is 1. The summed E-state index contributed by atoms with van der Waals surface area (Å²) in [5.74, 6) is 0.149. The fourth-order valence-corrected chi connectivity index (χ4v) is 2.38. The molecule has 1 aliphatic heterocycles. The Kier molecular flexibility index (Phi) is 3.42. The van der Waals surface area contributed by atoms with Crippen LogP contribution >= 0.6 is 11.6 Å². The molecule has 2 aromatic carbocycles. The Morgan fingerprint density at radius 3 is 2.73 bits per heavy atom. The molecule has 0 saturated heterocycles. The SMILES string of the molecule is COc1cc(C=C2Oc3cc(O)ccc3C2=O)cc(Cl)c1O. The van der Waals surface area contributed by atoms with Crippen molar-refractivity contribution in [2.24, 2.45) is 0 Å². The van der Waals surface area contributed by atoms with Crippen molar-refractivity contribution in [3.8, 4) is 23.0 Å². The molecule has 2 aromatic rings. The molecule has 0 radical (unpaired) electrons. The van der Waals surface area contributed by atoms with Crippen LogP contribution in [0.2, 0.25) is 5.02 Å². The van der Waals surface area contributed by atoms with Crippen molar-refractivity contribution in [2.75, 3.05) is 7.11 Å². The van der Waals surface area contributed by atoms with Crippen LogP contribution in [0.15, 0.2) is 36.1 Å². The standard InChI is InChI=1S/C16H11ClO5/c1-21-13-5-8(4-11(17)16(13)20)6-14-15(19)10-3-2-9(18)7-12(10)22-14/h2-7,18,20H,1H3. The minimum atomic E-state index is -0.293. The second-order valence-electron chi connectivity index (χ2n) is 4.67. The molecule has 5 nitrogen and oxygen atoms in total. The summed E-state index contributed by atoms with van der Waals surface area (Å²) in [4.78, 5) is 12.2. The number of aromatic hydroxyl groups is 2. The fraction of sp³-hybridized carbons (Fsp3) is 0.0625. The number of ether oxygens (including phenoxy) is 2. The zero-order valence-corrected chi connectivity index (χ0v) is 12.2. The number of hydrogen-bond donors (Lipinski definition) is 2. The molecule has 0 aromatic heterocycles. The average Bonchev–Trinajstić information content (AvgIpc) is 2.78. The van der Waals surface area contributed by atoms with Gasteiger partial charge in [-0.3, -0.25) is 4.79 Å². The number of allylic oxidation sites excluding steroid dienone is 1. The first-order valence-electron chi connectivity index (χ1n) is 6.33. The van der Waals surface area contributed by atoms with E-state index in [1.54, 1.807) is 0 Å². The topological polar surface area (TPSA) is 76.0 Å². The van der Waals surface area contributed by atoms with E-state index in [1.807, 2.05) is 0 Å². The van der Waals surface area contributed by atoms with Gasteiger partial charge in [0, 0.05) is 6.07 Å². The molecular formula is C16H11ClO5. The molecule has 1 aliphatic rings. The molecule has 112 valence electrons. The predicted octanol–water partition coefficient (Wildman–Crippen LogP) is 3.38. The van der Waals surface area contributed by atoms with Gasteiger partial charge in [-0.2, -0.15) is 0 Å². The smallest absolute Gasteiger partial charge is 0.231 e. The molecular weight excluding hydrogens is 308 g/mol. The molecule has 0 bridgehead atoms. The van der Waals surface area contributed by atoms with Gasteiger partial charge in [0.15, 0.2) is 17.3 Å². The highest BCUT2D eigenvalue weighted by Crippen LogP contribution is 2.38. The first-order valence-corrected chi connectivity index (χ1v) is 6.71. The lowest BCUT2D eigenvalue weighted by Gasteiger charge is -2.06. The van der Waals surface area contributed by atoms with Crippen molar-refractivity contribution in [1.82, 2.24) is 0 Å². The highest BCUT2D eigenvalue weighted by molar-refractivity contribution is 6.32. The minimum absolute atomic E-state index is 0.0159. The van der Waals surface area contributed by atoms with Crippen LogP contribution in [0.4, 0.5) is 0 Å². The Morgan fingerprint density at radius 1 is 1.23 bits per heavy atom. The van der Waals surface area contributed by atoms with Crippen molar-refractivity contribution in [3.63, 3.8) is 0 Å². The van der Waals surface area contributed by atoms with Crippen LogP contribution in [0.25, 0.3) is 6.08 Å². The number of halogens is 1. The highest BCUT2D eigenvalue weighted by Gasteiger charge is 2.27. The lowest BCUT2D eigenvalue weighted by Crippen LogP contribution is -1.98. The van der Waals surface area contributed by atoms with E-state index in [0.29, 0.717) is 16.9 Å². The Hall–Kier alpha value is -2.66. The second kappa shape index (κ2) is 5.27. The van der Waals surface area contributed by atoms with Gasteiger partial charge < -0.3 is 19.7 Å². The molecule has 3 rings (SSSR count). The number of carbonyl (C=O) groups is 1. The van der Waals surface area contributed by atoms with Crippen LogP contribution < -0.4 is 9.47 Å². The van der Waals surface area contributed by atoms with Gasteiger partial charge in [0.25, 0.3) is 0 Å². The summed E-state index contributed by atoms with van der Waals surface area (Å²) >= 11 is 5.91. The average molecular weight is 319 g/mol. The molecule has 0 spiro atoms. The normalized spacial score (nSPS) is 14.8. The van der Waals surface area contributed by atoms with Gasteiger partial charge in [0.1, 0.15) is 11.5 Å². The van der Waals surface area contributed by atoms with Crippen LogP contribution in [0.1, 0.15) is 15.9 Å². The summed E-state index contributed by atoms with van der Waals surface area (Å²) in [5.41, 5.74) is 0.918. The van der Waals surface area contributed by atoms with Crippen molar-refractivity contribution >= 4 is 23.5 Å². The maximum absolute atomic E-state index is 12.2. The third-order valence-corrected chi connectivity index (χ3v) is 3.51. The number of phenolic OH excluding ortho intramolecular Hbond substituents is 2. The second-order valence-corrected chi connectivity index (χ2v) is 5.08. The minimum Gasteiger partial charge on any atom is -0.508 e. The van der Waals surface area contributed by atoms with Gasteiger partial charge in [-0.15, -0.1) is 0 Å². The van der Waals surface area contributed by atoms with Crippen molar-refractivity contribution in [2.45, 2.75) is 0 Å². The molecule has 6 heteroatoms. The first-order chi connectivity index (χ1) is 10.5. The largest absolute Gasteiger partial charge is 0.508 e. The molecule has 22 heavy (non-hydrogen) atoms. The van der Waals surface area contributed by atoms with Gasteiger partial charge in [0.05, 0.1) is 17.7 Å². The summed E-state index contributed by atoms with van der Waals surface area (Å²) in [6, 6.07) is 7.31. The van der Waals surface area contributed by atoms with Crippen LogP contribution in [0.3, 0.4) is 0 Å². The summed E-state index contributed by atoms with van der Waals surface area (Å²) in [6.45, 7) is 0. The van der Waals surface area contributed by atoms with Crippen LogP contribution in [-0.2, 0) is 0 Å². The lowest BCUT2D eigenvalue weighted by molar-refractivity contribution is 0.101. The van der Waals surface area contributed by atoms with E-state index in [9.17, 15) is 15.0 Å². The van der Waals surface area contributed by atoms with Gasteiger partial charge in [0.2, 0.25) is 5.78 Å². The Labute approximate surface area is 131 Å². The Morgan fingerprint density at radius 2 is 2.00 bits per heavy atom. The Balaban J connectivity index is 2.01.